The topological polar surface area (TPSA) is 119 Å². The molecule has 0 spiro atoms. The van der Waals surface area contributed by atoms with E-state index in [1.807, 2.05) is 38.4 Å². The Kier molecular flexibility index (Phi) is 5.80. The molecule has 0 aromatic carbocycles. The molecule has 10 heteroatoms. The minimum Gasteiger partial charge on any atom is -0.367 e. The van der Waals surface area contributed by atoms with Gasteiger partial charge in [0.25, 0.3) is 0 Å². The third kappa shape index (κ3) is 4.40. The third-order valence-corrected chi connectivity index (χ3v) is 6.90. The van der Waals surface area contributed by atoms with Crippen molar-refractivity contribution in [1.82, 2.24) is 35.0 Å². The molecule has 0 saturated carbocycles. The van der Waals surface area contributed by atoms with Gasteiger partial charge in [-0.05, 0) is 25.2 Å². The molecule has 1 amide bonds. The lowest BCUT2D eigenvalue weighted by molar-refractivity contribution is -0.118. The zero-order valence-electron chi connectivity index (χ0n) is 21.1. The molecule has 0 atom stereocenters. The third-order valence-electron chi connectivity index (χ3n) is 6.90. The van der Waals surface area contributed by atoms with E-state index >= 15 is 0 Å². The number of aromatic nitrogens is 6. The van der Waals surface area contributed by atoms with Crippen molar-refractivity contribution in [2.75, 3.05) is 43.4 Å². The summed E-state index contributed by atoms with van der Waals surface area (Å²) in [5.74, 6) is -0.168. The minimum absolute atomic E-state index is 0.0521. The molecule has 0 bridgehead atoms. The summed E-state index contributed by atoms with van der Waals surface area (Å²) in [6, 6.07) is 6.05. The normalized spacial score (nSPS) is 14.6. The molecule has 0 radical (unpaired) electrons. The number of nitrogens with one attached hydrogen (secondary N) is 3. The lowest BCUT2D eigenvalue weighted by Crippen LogP contribution is -2.44. The van der Waals surface area contributed by atoms with Gasteiger partial charge in [0.15, 0.2) is 0 Å². The Balaban J connectivity index is 1.36. The van der Waals surface area contributed by atoms with Gasteiger partial charge < -0.3 is 20.1 Å². The van der Waals surface area contributed by atoms with Crippen molar-refractivity contribution < 1.29 is 4.79 Å². The Labute approximate surface area is 214 Å². The summed E-state index contributed by atoms with van der Waals surface area (Å²) in [7, 11) is 2.16. The molecule has 0 unspecified atom stereocenters. The first kappa shape index (κ1) is 23.1. The molecule has 37 heavy (non-hydrogen) atoms. The number of carbonyl (C=O) groups excluding carboxylic acids is 1. The van der Waals surface area contributed by atoms with Gasteiger partial charge in [-0.3, -0.25) is 24.8 Å². The van der Waals surface area contributed by atoms with E-state index < -0.39 is 0 Å². The van der Waals surface area contributed by atoms with Crippen molar-refractivity contribution in [2.45, 2.75) is 13.8 Å². The SMILES string of the molecule is CC(C)C(=O)Nc1cncc(-c2cc3c(-c4cc5c(N6CCN(C)CC6)cncc5[nH]4)n[nH]c3cn2)c1. The monoisotopic (exact) mass is 495 g/mol. The van der Waals surface area contributed by atoms with E-state index in [1.54, 1.807) is 18.6 Å². The van der Waals surface area contributed by atoms with Crippen LogP contribution in [0.1, 0.15) is 13.8 Å². The molecule has 5 aromatic heterocycles. The average Bonchev–Trinajstić information content (AvgIpc) is 3.53. The Hall–Kier alpha value is -4.31. The van der Waals surface area contributed by atoms with Gasteiger partial charge in [0, 0.05) is 54.6 Å². The average molecular weight is 496 g/mol. The number of amides is 1. The van der Waals surface area contributed by atoms with E-state index in [2.05, 4.69) is 58.4 Å². The standard InChI is InChI=1S/C27H29N9O/c1-16(2)27(37)31-18-8-17(11-28-12-18)21-10-20-24(14-30-21)33-34-26(20)22-9-19-23(32-22)13-29-15-25(19)36-6-4-35(3)5-7-36/h8-16,32H,4-7H2,1-3H3,(H,31,37)(H,33,34). The second-order valence-electron chi connectivity index (χ2n) is 9.89. The van der Waals surface area contributed by atoms with E-state index in [0.29, 0.717) is 5.69 Å². The van der Waals surface area contributed by atoms with Crippen LogP contribution < -0.4 is 10.2 Å². The highest BCUT2D eigenvalue weighted by Gasteiger charge is 2.19. The predicted octanol–water partition coefficient (Wildman–Crippen LogP) is 3.91. The smallest absolute Gasteiger partial charge is 0.226 e. The Morgan fingerprint density at radius 2 is 1.76 bits per heavy atom. The second kappa shape index (κ2) is 9.29. The van der Waals surface area contributed by atoms with Gasteiger partial charge in [0.1, 0.15) is 5.69 Å². The van der Waals surface area contributed by atoms with Crippen LogP contribution in [0.3, 0.4) is 0 Å². The van der Waals surface area contributed by atoms with Gasteiger partial charge in [-0.2, -0.15) is 5.10 Å². The number of nitrogens with zero attached hydrogens (tertiary/aromatic N) is 6. The summed E-state index contributed by atoms with van der Waals surface area (Å²) in [4.78, 5) is 33.8. The van der Waals surface area contributed by atoms with Crippen LogP contribution in [0.15, 0.2) is 49.2 Å². The summed E-state index contributed by atoms with van der Waals surface area (Å²) in [6.07, 6.45) is 8.98. The van der Waals surface area contributed by atoms with Crippen LogP contribution in [-0.2, 0) is 4.79 Å². The lowest BCUT2D eigenvalue weighted by atomic mass is 10.1. The number of pyridine rings is 3. The largest absolute Gasteiger partial charge is 0.367 e. The molecule has 5 aromatic rings. The first-order chi connectivity index (χ1) is 18.0. The van der Waals surface area contributed by atoms with Crippen molar-refractivity contribution >= 4 is 39.1 Å². The maximum absolute atomic E-state index is 12.1. The Morgan fingerprint density at radius 3 is 2.57 bits per heavy atom. The summed E-state index contributed by atoms with van der Waals surface area (Å²) in [6.45, 7) is 7.73. The fourth-order valence-electron chi connectivity index (χ4n) is 4.68. The number of hydrogen-bond donors (Lipinski definition) is 3. The molecule has 3 N–H and O–H groups in total. The quantitative estimate of drug-likeness (QED) is 0.338. The van der Waals surface area contributed by atoms with Gasteiger partial charge in [-0.15, -0.1) is 0 Å². The number of hydrogen-bond acceptors (Lipinski definition) is 7. The van der Waals surface area contributed by atoms with E-state index in [4.69, 9.17) is 0 Å². The number of anilines is 2. The van der Waals surface area contributed by atoms with Gasteiger partial charge in [0.05, 0.1) is 58.6 Å². The fourth-order valence-corrected chi connectivity index (χ4v) is 4.68. The first-order valence-electron chi connectivity index (χ1n) is 12.5. The zero-order valence-corrected chi connectivity index (χ0v) is 21.1. The predicted molar refractivity (Wildman–Crippen MR) is 145 cm³/mol. The van der Waals surface area contributed by atoms with Crippen molar-refractivity contribution in [3.05, 3.63) is 49.2 Å². The zero-order chi connectivity index (χ0) is 25.5. The molecule has 10 nitrogen and oxygen atoms in total. The van der Waals surface area contributed by atoms with E-state index in [9.17, 15) is 4.79 Å². The summed E-state index contributed by atoms with van der Waals surface area (Å²) in [5.41, 5.74) is 6.90. The van der Waals surface area contributed by atoms with Crippen LogP contribution in [0, 0.1) is 5.92 Å². The van der Waals surface area contributed by atoms with Gasteiger partial charge in [0.2, 0.25) is 5.91 Å². The van der Waals surface area contributed by atoms with E-state index in [-0.39, 0.29) is 11.8 Å². The van der Waals surface area contributed by atoms with Gasteiger partial charge in [-0.1, -0.05) is 13.8 Å². The molecular weight excluding hydrogens is 466 g/mol. The number of rotatable bonds is 5. The van der Waals surface area contributed by atoms with Crippen LogP contribution >= 0.6 is 0 Å². The number of fused-ring (bicyclic) bond motifs is 2. The van der Waals surface area contributed by atoms with E-state index in [0.717, 1.165) is 76.3 Å². The van der Waals surface area contributed by atoms with Crippen LogP contribution in [0.5, 0.6) is 0 Å². The highest BCUT2D eigenvalue weighted by Crippen LogP contribution is 2.34. The Bertz CT molecular complexity index is 1590. The maximum Gasteiger partial charge on any atom is 0.226 e. The van der Waals surface area contributed by atoms with Crippen molar-refractivity contribution in [1.29, 1.82) is 0 Å². The van der Waals surface area contributed by atoms with Gasteiger partial charge >= 0.3 is 0 Å². The van der Waals surface area contributed by atoms with Crippen molar-refractivity contribution in [3.8, 4) is 22.6 Å². The van der Waals surface area contributed by atoms with Crippen LogP contribution in [-0.4, -0.2) is 74.2 Å². The molecule has 188 valence electrons. The molecule has 6 rings (SSSR count). The summed E-state index contributed by atoms with van der Waals surface area (Å²) < 4.78 is 0. The molecule has 1 aliphatic heterocycles. The van der Waals surface area contributed by atoms with Crippen LogP contribution in [0.2, 0.25) is 0 Å². The number of carbonyl (C=O) groups is 1. The van der Waals surface area contributed by atoms with E-state index in [1.165, 1.54) is 0 Å². The minimum atomic E-state index is -0.116. The second-order valence-corrected chi connectivity index (χ2v) is 9.89. The van der Waals surface area contributed by atoms with Gasteiger partial charge in [-0.25, -0.2) is 0 Å². The molecule has 1 fully saturated rings. The fraction of sp³-hybridized carbons (Fsp3) is 0.296. The maximum atomic E-state index is 12.1. The lowest BCUT2D eigenvalue weighted by Gasteiger charge is -2.34. The molecule has 1 aliphatic rings. The summed E-state index contributed by atoms with van der Waals surface area (Å²) in [5, 5.41) is 12.7. The number of H-pyrrole nitrogens is 2. The highest BCUT2D eigenvalue weighted by molar-refractivity contribution is 6.00. The molecular formula is C27H29N9O. The molecule has 0 aliphatic carbocycles. The summed E-state index contributed by atoms with van der Waals surface area (Å²) >= 11 is 0. The van der Waals surface area contributed by atoms with Crippen LogP contribution in [0.4, 0.5) is 11.4 Å². The molecule has 6 heterocycles. The highest BCUT2D eigenvalue weighted by atomic mass is 16.1. The van der Waals surface area contributed by atoms with Crippen LogP contribution in [0.25, 0.3) is 44.5 Å². The first-order valence-corrected chi connectivity index (χ1v) is 12.5. The van der Waals surface area contributed by atoms with Crippen molar-refractivity contribution in [3.63, 3.8) is 0 Å². The van der Waals surface area contributed by atoms with Crippen molar-refractivity contribution in [2.24, 2.45) is 5.92 Å². The number of piperazine rings is 1. The number of aromatic amines is 2. The number of likely N-dealkylation sites (N-methyl/N-ethyl adjacent to an activating group) is 1. The Morgan fingerprint density at radius 1 is 0.946 bits per heavy atom. The molecule has 1 saturated heterocycles.